The van der Waals surface area contributed by atoms with Gasteiger partial charge in [-0.3, -0.25) is 4.99 Å². The summed E-state index contributed by atoms with van der Waals surface area (Å²) < 4.78 is 10.8. The summed E-state index contributed by atoms with van der Waals surface area (Å²) in [6.45, 7) is 7.97. The molecule has 33 heavy (non-hydrogen) atoms. The minimum absolute atomic E-state index is 0.00265. The van der Waals surface area contributed by atoms with E-state index in [4.69, 9.17) is 9.47 Å². The van der Waals surface area contributed by atoms with Crippen molar-refractivity contribution in [3.8, 4) is 11.1 Å². The van der Waals surface area contributed by atoms with E-state index in [1.54, 1.807) is 0 Å². The van der Waals surface area contributed by atoms with Crippen molar-refractivity contribution in [2.75, 3.05) is 19.0 Å². The lowest BCUT2D eigenvalue weighted by Crippen LogP contribution is -2.43. The molecule has 4 rings (SSSR count). The molecule has 6 nitrogen and oxygen atoms in total. The van der Waals surface area contributed by atoms with Crippen LogP contribution in [0.4, 0.5) is 4.79 Å². The lowest BCUT2D eigenvalue weighted by Gasteiger charge is -2.22. The van der Waals surface area contributed by atoms with Crippen molar-refractivity contribution >= 4 is 28.9 Å². The Morgan fingerprint density at radius 3 is 2.36 bits per heavy atom. The van der Waals surface area contributed by atoms with Crippen LogP contribution in [0.5, 0.6) is 0 Å². The molecule has 0 unspecified atom stereocenters. The van der Waals surface area contributed by atoms with Gasteiger partial charge in [0.15, 0.2) is 6.04 Å². The number of aliphatic imine (C=N–C) groups is 1. The van der Waals surface area contributed by atoms with E-state index in [-0.39, 0.29) is 37.1 Å². The number of esters is 1. The predicted molar refractivity (Wildman–Crippen MR) is 132 cm³/mol. The zero-order valence-corrected chi connectivity index (χ0v) is 19.6. The molecule has 0 bridgehead atoms. The van der Waals surface area contributed by atoms with Gasteiger partial charge in [-0.25, -0.2) is 9.59 Å². The Hall–Kier alpha value is -3.06. The average Bonchev–Trinajstić information content (AvgIpc) is 3.43. The monoisotopic (exact) mass is 464 g/mol. The molecule has 172 valence electrons. The number of alkyl carbamates (subject to hydrolysis) is 1. The van der Waals surface area contributed by atoms with Gasteiger partial charge < -0.3 is 14.8 Å². The van der Waals surface area contributed by atoms with E-state index in [0.717, 1.165) is 5.04 Å². The van der Waals surface area contributed by atoms with Crippen molar-refractivity contribution in [3.63, 3.8) is 0 Å². The zero-order chi connectivity index (χ0) is 23.4. The Labute approximate surface area is 198 Å². The van der Waals surface area contributed by atoms with Gasteiger partial charge >= 0.3 is 12.1 Å². The molecule has 1 amide bonds. The summed E-state index contributed by atoms with van der Waals surface area (Å²) in [5.41, 5.74) is 4.72. The van der Waals surface area contributed by atoms with Crippen LogP contribution < -0.4 is 5.32 Å². The van der Waals surface area contributed by atoms with Crippen molar-refractivity contribution in [1.29, 1.82) is 0 Å². The maximum Gasteiger partial charge on any atom is 0.407 e. The molecule has 0 radical (unpaired) electrons. The Kier molecular flexibility index (Phi) is 7.18. The van der Waals surface area contributed by atoms with E-state index in [0.29, 0.717) is 5.75 Å². The van der Waals surface area contributed by atoms with E-state index in [1.807, 2.05) is 38.1 Å². The molecule has 0 spiro atoms. The van der Waals surface area contributed by atoms with E-state index in [9.17, 15) is 9.59 Å². The number of carbonyl (C=O) groups is 2. The molecule has 0 saturated carbocycles. The Bertz CT molecular complexity index is 1040. The summed E-state index contributed by atoms with van der Waals surface area (Å²) in [4.78, 5) is 29.4. The molecule has 1 aliphatic heterocycles. The van der Waals surface area contributed by atoms with Gasteiger partial charge in [-0.15, -0.1) is 11.8 Å². The van der Waals surface area contributed by atoms with Gasteiger partial charge in [0.2, 0.25) is 0 Å². The van der Waals surface area contributed by atoms with Gasteiger partial charge in [0.05, 0.1) is 11.1 Å². The fourth-order valence-corrected chi connectivity index (χ4v) is 5.45. The molecule has 2 aromatic carbocycles. The first-order chi connectivity index (χ1) is 16.0. The maximum atomic E-state index is 12.8. The number of nitrogens with one attached hydrogen (secondary N) is 1. The summed E-state index contributed by atoms with van der Waals surface area (Å²) in [5, 5.41) is 3.67. The summed E-state index contributed by atoms with van der Waals surface area (Å²) in [6.07, 6.45) is 1.04. The van der Waals surface area contributed by atoms with Crippen molar-refractivity contribution < 1.29 is 19.1 Å². The molecule has 7 heteroatoms. The standard InChI is InChI=1S/C26H28N2O4S/c1-4-13-31-25(29)22-15-33-24(27-22)23(16(2)3)28-26(30)32-14-21-19-11-7-5-9-17(19)18-10-6-8-12-20(18)21/h4-12,16,21-23H,1,13-15H2,2-3H3,(H,28,30)/t22-,23+/m0/s1. The van der Waals surface area contributed by atoms with E-state index < -0.39 is 12.1 Å². The number of rotatable bonds is 8. The van der Waals surface area contributed by atoms with Crippen LogP contribution in [0.1, 0.15) is 30.9 Å². The molecule has 0 aromatic heterocycles. The quantitative estimate of drug-likeness (QED) is 0.449. The zero-order valence-electron chi connectivity index (χ0n) is 18.8. The number of hydrogen-bond acceptors (Lipinski definition) is 6. The number of amides is 1. The highest BCUT2D eigenvalue weighted by Gasteiger charge is 2.33. The highest BCUT2D eigenvalue weighted by Crippen LogP contribution is 2.44. The third-order valence-corrected chi connectivity index (χ3v) is 6.97. The van der Waals surface area contributed by atoms with E-state index >= 15 is 0 Å². The molecule has 2 aromatic rings. The SMILES string of the molecule is C=CCOC(=O)[C@@H]1CSC([C@H](NC(=O)OCC2c3ccccc3-c3ccccc32)C(C)C)=N1. The summed E-state index contributed by atoms with van der Waals surface area (Å²) >= 11 is 1.47. The number of benzene rings is 2. The van der Waals surface area contributed by atoms with E-state index in [2.05, 4.69) is 41.2 Å². The first kappa shape index (κ1) is 23.1. The normalized spacial score (nSPS) is 17.7. The Morgan fingerprint density at radius 1 is 1.12 bits per heavy atom. The molecular weight excluding hydrogens is 436 g/mol. The molecular formula is C26H28N2O4S. The van der Waals surface area contributed by atoms with Gasteiger partial charge in [0, 0.05) is 11.7 Å². The van der Waals surface area contributed by atoms with Crippen LogP contribution in [-0.4, -0.2) is 48.2 Å². The van der Waals surface area contributed by atoms with Crippen molar-refractivity contribution in [1.82, 2.24) is 5.32 Å². The van der Waals surface area contributed by atoms with Gasteiger partial charge in [-0.05, 0) is 28.2 Å². The Balaban J connectivity index is 1.41. The summed E-state index contributed by atoms with van der Waals surface area (Å²) in [7, 11) is 0. The largest absolute Gasteiger partial charge is 0.460 e. The minimum Gasteiger partial charge on any atom is -0.460 e. The topological polar surface area (TPSA) is 77.0 Å². The number of ether oxygens (including phenoxy) is 2. The van der Waals surface area contributed by atoms with Crippen molar-refractivity contribution in [2.24, 2.45) is 10.9 Å². The van der Waals surface area contributed by atoms with Crippen LogP contribution in [0.3, 0.4) is 0 Å². The lowest BCUT2D eigenvalue weighted by atomic mass is 9.98. The number of fused-ring (bicyclic) bond motifs is 3. The second kappa shape index (κ2) is 10.3. The van der Waals surface area contributed by atoms with Crippen molar-refractivity contribution in [3.05, 3.63) is 72.3 Å². The Morgan fingerprint density at radius 2 is 1.76 bits per heavy atom. The lowest BCUT2D eigenvalue weighted by molar-refractivity contribution is -0.143. The molecule has 1 N–H and O–H groups in total. The second-order valence-electron chi connectivity index (χ2n) is 8.40. The molecule has 1 aliphatic carbocycles. The number of thioether (sulfide) groups is 1. The van der Waals surface area contributed by atoms with Crippen LogP contribution >= 0.6 is 11.8 Å². The third kappa shape index (κ3) is 4.98. The van der Waals surface area contributed by atoms with Gasteiger partial charge in [0.25, 0.3) is 0 Å². The van der Waals surface area contributed by atoms with E-state index in [1.165, 1.54) is 40.1 Å². The second-order valence-corrected chi connectivity index (χ2v) is 9.44. The molecule has 0 saturated heterocycles. The van der Waals surface area contributed by atoms with Crippen LogP contribution in [0.25, 0.3) is 11.1 Å². The average molecular weight is 465 g/mol. The molecule has 0 fully saturated rings. The number of nitrogens with zero attached hydrogens (tertiary/aromatic N) is 1. The highest BCUT2D eigenvalue weighted by atomic mass is 32.2. The van der Waals surface area contributed by atoms with Crippen LogP contribution in [0, 0.1) is 5.92 Å². The van der Waals surface area contributed by atoms with Crippen LogP contribution in [0.15, 0.2) is 66.2 Å². The van der Waals surface area contributed by atoms with Gasteiger partial charge in [-0.2, -0.15) is 0 Å². The first-order valence-corrected chi connectivity index (χ1v) is 12.1. The smallest absolute Gasteiger partial charge is 0.407 e. The van der Waals surface area contributed by atoms with Gasteiger partial charge in [-0.1, -0.05) is 75.0 Å². The molecule has 1 heterocycles. The van der Waals surface area contributed by atoms with Crippen LogP contribution in [0.2, 0.25) is 0 Å². The highest BCUT2D eigenvalue weighted by molar-refractivity contribution is 8.14. The fourth-order valence-electron chi connectivity index (χ4n) is 4.20. The van der Waals surface area contributed by atoms with Crippen LogP contribution in [-0.2, 0) is 14.3 Å². The fraction of sp³-hybridized carbons (Fsp3) is 0.346. The van der Waals surface area contributed by atoms with Crippen molar-refractivity contribution in [2.45, 2.75) is 31.8 Å². The molecule has 2 aliphatic rings. The maximum absolute atomic E-state index is 12.8. The minimum atomic E-state index is -0.560. The number of hydrogen-bond donors (Lipinski definition) is 1. The number of carbonyl (C=O) groups excluding carboxylic acids is 2. The summed E-state index contributed by atoms with van der Waals surface area (Å²) in [6, 6.07) is 15.6. The molecule has 2 atom stereocenters. The van der Waals surface area contributed by atoms with Gasteiger partial charge in [0.1, 0.15) is 13.2 Å². The predicted octanol–water partition coefficient (Wildman–Crippen LogP) is 4.79. The first-order valence-electron chi connectivity index (χ1n) is 11.1. The third-order valence-electron chi connectivity index (χ3n) is 5.84. The summed E-state index contributed by atoms with van der Waals surface area (Å²) in [5.74, 6) is 0.213.